The Morgan fingerprint density at radius 3 is 2.56 bits per heavy atom. The maximum absolute atomic E-state index is 11.7. The Hall–Kier alpha value is -0.290. The zero-order valence-corrected chi connectivity index (χ0v) is 9.86. The molecule has 0 aliphatic heterocycles. The van der Waals surface area contributed by atoms with Crippen LogP contribution in [-0.4, -0.2) is 25.6 Å². The van der Waals surface area contributed by atoms with Crippen LogP contribution in [-0.2, 0) is 4.74 Å². The van der Waals surface area contributed by atoms with Gasteiger partial charge in [0.15, 0.2) is 0 Å². The summed E-state index contributed by atoms with van der Waals surface area (Å²) in [6.07, 6.45) is 0.0268. The summed E-state index contributed by atoms with van der Waals surface area (Å²) in [5, 5.41) is 3.16. The standard InChI is InChI=1S/C11H20F3NO/c1-10(2)6-4-3-5-9(10)15-7-8-16-11(12,13)14/h9,15H,3-8H2,1-2H3. The van der Waals surface area contributed by atoms with Crippen molar-refractivity contribution >= 4 is 0 Å². The molecule has 0 heterocycles. The highest BCUT2D eigenvalue weighted by molar-refractivity contribution is 4.87. The lowest BCUT2D eigenvalue weighted by molar-refractivity contribution is -0.323. The summed E-state index contributed by atoms with van der Waals surface area (Å²) in [6.45, 7) is 4.27. The van der Waals surface area contributed by atoms with Crippen molar-refractivity contribution in [2.75, 3.05) is 13.2 Å². The van der Waals surface area contributed by atoms with Crippen molar-refractivity contribution in [1.29, 1.82) is 0 Å². The van der Waals surface area contributed by atoms with Gasteiger partial charge in [0.05, 0.1) is 6.61 Å². The maximum atomic E-state index is 11.7. The second-order valence-corrected chi connectivity index (χ2v) is 5.04. The minimum atomic E-state index is -4.51. The molecule has 0 aromatic carbocycles. The summed E-state index contributed by atoms with van der Waals surface area (Å²) in [5.41, 5.74) is 0.177. The van der Waals surface area contributed by atoms with E-state index in [-0.39, 0.29) is 18.6 Å². The lowest BCUT2D eigenvalue weighted by atomic mass is 9.73. The average molecular weight is 239 g/mol. The first-order valence-electron chi connectivity index (χ1n) is 5.75. The van der Waals surface area contributed by atoms with Crippen molar-refractivity contribution in [2.24, 2.45) is 5.41 Å². The van der Waals surface area contributed by atoms with Gasteiger partial charge in [-0.1, -0.05) is 26.7 Å². The Bertz CT molecular complexity index is 216. The molecular formula is C11H20F3NO. The molecule has 0 radical (unpaired) electrons. The zero-order valence-electron chi connectivity index (χ0n) is 9.86. The van der Waals surface area contributed by atoms with Crippen LogP contribution in [0, 0.1) is 5.41 Å². The van der Waals surface area contributed by atoms with Crippen molar-refractivity contribution in [1.82, 2.24) is 5.32 Å². The molecule has 1 N–H and O–H groups in total. The Morgan fingerprint density at radius 1 is 1.31 bits per heavy atom. The van der Waals surface area contributed by atoms with Crippen LogP contribution in [0.5, 0.6) is 0 Å². The largest absolute Gasteiger partial charge is 0.522 e. The molecule has 0 bridgehead atoms. The fourth-order valence-corrected chi connectivity index (χ4v) is 2.27. The van der Waals surface area contributed by atoms with Crippen molar-refractivity contribution in [3.8, 4) is 0 Å². The van der Waals surface area contributed by atoms with Crippen LogP contribution in [0.25, 0.3) is 0 Å². The Balaban J connectivity index is 2.21. The van der Waals surface area contributed by atoms with Gasteiger partial charge in [-0.15, -0.1) is 13.2 Å². The van der Waals surface area contributed by atoms with Gasteiger partial charge in [0.1, 0.15) is 0 Å². The number of halogens is 3. The second kappa shape index (κ2) is 5.36. The third kappa shape index (κ3) is 4.70. The number of alkyl halides is 3. The molecule has 0 saturated heterocycles. The molecule has 1 fully saturated rings. The first-order chi connectivity index (χ1) is 7.31. The van der Waals surface area contributed by atoms with E-state index in [0.717, 1.165) is 19.3 Å². The van der Waals surface area contributed by atoms with Gasteiger partial charge in [0.25, 0.3) is 0 Å². The topological polar surface area (TPSA) is 21.3 Å². The highest BCUT2D eigenvalue weighted by atomic mass is 19.4. The molecule has 1 rings (SSSR count). The van der Waals surface area contributed by atoms with Gasteiger partial charge >= 0.3 is 6.36 Å². The molecule has 0 spiro atoms. The fraction of sp³-hybridized carbons (Fsp3) is 1.00. The summed E-state index contributed by atoms with van der Waals surface area (Å²) in [6, 6.07) is 0.304. The molecule has 1 saturated carbocycles. The van der Waals surface area contributed by atoms with E-state index in [4.69, 9.17) is 0 Å². The van der Waals surface area contributed by atoms with Gasteiger partial charge < -0.3 is 5.32 Å². The number of hydrogen-bond acceptors (Lipinski definition) is 2. The summed E-state index contributed by atoms with van der Waals surface area (Å²) in [5.74, 6) is 0. The van der Waals surface area contributed by atoms with Gasteiger partial charge in [-0.25, -0.2) is 0 Å². The van der Waals surface area contributed by atoms with Gasteiger partial charge in [0, 0.05) is 12.6 Å². The summed E-state index contributed by atoms with van der Waals surface area (Å²) >= 11 is 0. The molecule has 2 nitrogen and oxygen atoms in total. The van der Waals surface area contributed by atoms with Gasteiger partial charge in [-0.05, 0) is 18.3 Å². The first-order valence-corrected chi connectivity index (χ1v) is 5.75. The van der Waals surface area contributed by atoms with Gasteiger partial charge in [-0.2, -0.15) is 0 Å². The molecular weight excluding hydrogens is 219 g/mol. The number of rotatable bonds is 4. The molecule has 1 aliphatic rings. The second-order valence-electron chi connectivity index (χ2n) is 5.04. The molecule has 0 amide bonds. The smallest absolute Gasteiger partial charge is 0.311 e. The van der Waals surface area contributed by atoms with Crippen LogP contribution in [0.2, 0.25) is 0 Å². The van der Waals surface area contributed by atoms with Crippen molar-refractivity contribution in [3.05, 3.63) is 0 Å². The monoisotopic (exact) mass is 239 g/mol. The van der Waals surface area contributed by atoms with Crippen molar-refractivity contribution < 1.29 is 17.9 Å². The van der Waals surface area contributed by atoms with Crippen LogP contribution in [0.4, 0.5) is 13.2 Å². The summed E-state index contributed by atoms with van der Waals surface area (Å²) in [4.78, 5) is 0. The molecule has 0 aromatic heterocycles. The zero-order chi connectivity index (χ0) is 12.2. The van der Waals surface area contributed by atoms with E-state index in [1.54, 1.807) is 0 Å². The third-order valence-corrected chi connectivity index (χ3v) is 3.27. The molecule has 0 aromatic rings. The van der Waals surface area contributed by atoms with E-state index < -0.39 is 6.36 Å². The van der Waals surface area contributed by atoms with Crippen LogP contribution in [0.15, 0.2) is 0 Å². The SMILES string of the molecule is CC1(C)CCCCC1NCCOC(F)(F)F. The highest BCUT2D eigenvalue weighted by Gasteiger charge is 2.32. The molecule has 1 aliphatic carbocycles. The van der Waals surface area contributed by atoms with Crippen LogP contribution in [0.1, 0.15) is 39.5 Å². The predicted molar refractivity (Wildman–Crippen MR) is 56.0 cm³/mol. The van der Waals surface area contributed by atoms with E-state index in [0.29, 0.717) is 6.04 Å². The number of nitrogens with one attached hydrogen (secondary N) is 1. The van der Waals surface area contributed by atoms with Crippen LogP contribution < -0.4 is 5.32 Å². The van der Waals surface area contributed by atoms with Crippen molar-refractivity contribution in [2.45, 2.75) is 51.9 Å². The van der Waals surface area contributed by atoms with Gasteiger partial charge in [-0.3, -0.25) is 4.74 Å². The van der Waals surface area contributed by atoms with Crippen molar-refractivity contribution in [3.63, 3.8) is 0 Å². The van der Waals surface area contributed by atoms with E-state index in [1.807, 2.05) is 0 Å². The average Bonchev–Trinajstić information content (AvgIpc) is 2.12. The minimum Gasteiger partial charge on any atom is -0.311 e. The molecule has 16 heavy (non-hydrogen) atoms. The molecule has 96 valence electrons. The summed E-state index contributed by atoms with van der Waals surface area (Å²) in [7, 11) is 0. The molecule has 5 heteroatoms. The van der Waals surface area contributed by atoms with E-state index >= 15 is 0 Å². The predicted octanol–water partition coefficient (Wildman–Crippen LogP) is 3.08. The number of ether oxygens (including phenoxy) is 1. The molecule has 1 atom stereocenters. The Morgan fingerprint density at radius 2 is 2.00 bits per heavy atom. The normalized spacial score (nSPS) is 25.7. The van der Waals surface area contributed by atoms with Crippen LogP contribution >= 0.6 is 0 Å². The minimum absolute atomic E-state index is 0.177. The fourth-order valence-electron chi connectivity index (χ4n) is 2.27. The third-order valence-electron chi connectivity index (χ3n) is 3.27. The highest BCUT2D eigenvalue weighted by Crippen LogP contribution is 2.35. The lowest BCUT2D eigenvalue weighted by Gasteiger charge is -2.39. The molecule has 1 unspecified atom stereocenters. The van der Waals surface area contributed by atoms with Gasteiger partial charge in [0.2, 0.25) is 0 Å². The summed E-state index contributed by atoms with van der Waals surface area (Å²) < 4.78 is 38.9. The Kier molecular flexibility index (Phi) is 4.62. The van der Waals surface area contributed by atoms with E-state index in [1.165, 1.54) is 6.42 Å². The first kappa shape index (κ1) is 13.8. The quantitative estimate of drug-likeness (QED) is 0.761. The maximum Gasteiger partial charge on any atom is 0.522 e. The lowest BCUT2D eigenvalue weighted by Crippen LogP contribution is -2.45. The van der Waals surface area contributed by atoms with E-state index in [9.17, 15) is 13.2 Å². The van der Waals surface area contributed by atoms with Crippen LogP contribution in [0.3, 0.4) is 0 Å². The number of hydrogen-bond donors (Lipinski definition) is 1. The van der Waals surface area contributed by atoms with E-state index in [2.05, 4.69) is 23.9 Å². The Labute approximate surface area is 94.5 Å².